The number of benzene rings is 1. The van der Waals surface area contributed by atoms with Gasteiger partial charge < -0.3 is 0 Å². The molecule has 0 heterocycles. The Balaban J connectivity index is 2.80. The third-order valence-electron chi connectivity index (χ3n) is 1.49. The van der Waals surface area contributed by atoms with Crippen LogP contribution < -0.4 is 5.06 Å². The molecule has 0 bridgehead atoms. The van der Waals surface area contributed by atoms with Crippen LogP contribution in [0.15, 0.2) is 42.6 Å². The Bertz CT molecular complexity index is 313. The van der Waals surface area contributed by atoms with E-state index in [9.17, 15) is 0 Å². The Kier molecular flexibility index (Phi) is 3.55. The first-order chi connectivity index (χ1) is 6.38. The minimum atomic E-state index is 0.886. The minimum absolute atomic E-state index is 0.886. The molecule has 0 amide bonds. The lowest BCUT2D eigenvalue weighted by molar-refractivity contribution is 0.197. The van der Waals surface area contributed by atoms with E-state index in [1.165, 1.54) is 11.1 Å². The van der Waals surface area contributed by atoms with Crippen molar-refractivity contribution in [2.45, 2.75) is 0 Å². The minimum Gasteiger partial charge on any atom is -0.272 e. The molecular weight excluding hydrogens is 164 g/mol. The van der Waals surface area contributed by atoms with Crippen LogP contribution in [0.4, 0.5) is 5.69 Å². The van der Waals surface area contributed by atoms with Gasteiger partial charge in [-0.3, -0.25) is 4.84 Å². The van der Waals surface area contributed by atoms with Crippen LogP contribution in [0.25, 0.3) is 0 Å². The monoisotopic (exact) mass is 174 g/mol. The van der Waals surface area contributed by atoms with Crippen LogP contribution in [-0.2, 0) is 4.84 Å². The van der Waals surface area contributed by atoms with E-state index in [1.54, 1.807) is 13.3 Å². The van der Waals surface area contributed by atoms with E-state index >= 15 is 0 Å². The summed E-state index contributed by atoms with van der Waals surface area (Å²) < 4.78 is 0. The molecule has 66 valence electrons. The number of nitrogens with zero attached hydrogens (tertiary/aromatic N) is 2. The third-order valence-corrected chi connectivity index (χ3v) is 1.49. The van der Waals surface area contributed by atoms with E-state index in [-0.39, 0.29) is 0 Å². The summed E-state index contributed by atoms with van der Waals surface area (Å²) in [6.45, 7) is 0. The Morgan fingerprint density at radius 2 is 2.08 bits per heavy atom. The average molecular weight is 174 g/mol. The molecule has 0 N–H and O–H groups in total. The molecule has 1 aromatic rings. The fourth-order valence-electron chi connectivity index (χ4n) is 0.928. The van der Waals surface area contributed by atoms with Crippen molar-refractivity contribution in [3.05, 3.63) is 42.6 Å². The van der Waals surface area contributed by atoms with Crippen molar-refractivity contribution in [2.75, 3.05) is 12.2 Å². The first-order valence-corrected chi connectivity index (χ1v) is 3.83. The van der Waals surface area contributed by atoms with Gasteiger partial charge in [-0.2, -0.15) is 5.26 Å². The molecule has 0 aliphatic rings. The highest BCUT2D eigenvalue weighted by Gasteiger charge is 1.98. The van der Waals surface area contributed by atoms with Gasteiger partial charge in [0.1, 0.15) is 0 Å². The van der Waals surface area contributed by atoms with Gasteiger partial charge in [0.25, 0.3) is 0 Å². The Morgan fingerprint density at radius 1 is 1.38 bits per heavy atom. The Hall–Kier alpha value is -1.79. The van der Waals surface area contributed by atoms with Crippen LogP contribution in [0.5, 0.6) is 0 Å². The van der Waals surface area contributed by atoms with Crippen molar-refractivity contribution in [1.82, 2.24) is 0 Å². The summed E-state index contributed by atoms with van der Waals surface area (Å²) in [5.41, 5.74) is 0.886. The second kappa shape index (κ2) is 4.96. The van der Waals surface area contributed by atoms with Crippen molar-refractivity contribution in [3.8, 4) is 6.07 Å². The van der Waals surface area contributed by atoms with Crippen molar-refractivity contribution < 1.29 is 4.84 Å². The van der Waals surface area contributed by atoms with Crippen molar-refractivity contribution in [2.24, 2.45) is 0 Å². The molecule has 0 saturated heterocycles. The maximum absolute atomic E-state index is 8.34. The molecule has 0 atom stereocenters. The maximum atomic E-state index is 8.34. The standard InChI is InChI=1S/C10H10N2O/c1-13-12(9-5-8-11)10-6-3-2-4-7-10/h2-7,9H,1H3. The second-order valence-electron chi connectivity index (χ2n) is 2.29. The highest BCUT2D eigenvalue weighted by atomic mass is 16.7. The SMILES string of the molecule is CON(C=CC#N)c1ccccc1. The summed E-state index contributed by atoms with van der Waals surface area (Å²) in [5, 5.41) is 9.86. The molecule has 0 fully saturated rings. The molecule has 0 radical (unpaired) electrons. The van der Waals surface area contributed by atoms with Gasteiger partial charge in [-0.1, -0.05) is 18.2 Å². The molecule has 0 unspecified atom stereocenters. The quantitative estimate of drug-likeness (QED) is 0.520. The summed E-state index contributed by atoms with van der Waals surface area (Å²) >= 11 is 0. The molecule has 3 nitrogen and oxygen atoms in total. The zero-order valence-electron chi connectivity index (χ0n) is 7.34. The summed E-state index contributed by atoms with van der Waals surface area (Å²) in [4.78, 5) is 5.03. The molecule has 0 saturated carbocycles. The molecule has 0 aliphatic heterocycles. The number of anilines is 1. The smallest absolute Gasteiger partial charge is 0.0928 e. The van der Waals surface area contributed by atoms with Gasteiger partial charge in [-0.15, -0.1) is 0 Å². The number of nitriles is 1. The first kappa shape index (κ1) is 9.30. The highest BCUT2D eigenvalue weighted by molar-refractivity contribution is 5.46. The number of allylic oxidation sites excluding steroid dienone is 1. The molecule has 13 heavy (non-hydrogen) atoms. The normalized spacial score (nSPS) is 9.85. The van der Waals surface area contributed by atoms with Gasteiger partial charge in [0.2, 0.25) is 0 Å². The second-order valence-corrected chi connectivity index (χ2v) is 2.29. The average Bonchev–Trinajstić information content (AvgIpc) is 2.21. The fourth-order valence-corrected chi connectivity index (χ4v) is 0.928. The number of rotatable bonds is 3. The lowest BCUT2D eigenvalue weighted by atomic mass is 10.3. The molecule has 1 rings (SSSR count). The van der Waals surface area contributed by atoms with Gasteiger partial charge >= 0.3 is 0 Å². The van der Waals surface area contributed by atoms with Crippen LogP contribution in [0.3, 0.4) is 0 Å². The summed E-state index contributed by atoms with van der Waals surface area (Å²) in [6, 6.07) is 11.4. The summed E-state index contributed by atoms with van der Waals surface area (Å²) in [6.07, 6.45) is 2.92. The summed E-state index contributed by atoms with van der Waals surface area (Å²) in [7, 11) is 1.55. The van der Waals surface area contributed by atoms with Crippen LogP contribution in [0.1, 0.15) is 0 Å². The van der Waals surface area contributed by atoms with E-state index in [0.29, 0.717) is 0 Å². The van der Waals surface area contributed by atoms with Gasteiger partial charge in [-0.25, -0.2) is 5.06 Å². The fraction of sp³-hybridized carbons (Fsp3) is 0.100. The maximum Gasteiger partial charge on any atom is 0.0928 e. The highest BCUT2D eigenvalue weighted by Crippen LogP contribution is 2.12. The predicted molar refractivity (Wildman–Crippen MR) is 50.7 cm³/mol. The Labute approximate surface area is 77.4 Å². The van der Waals surface area contributed by atoms with E-state index in [4.69, 9.17) is 10.1 Å². The summed E-state index contributed by atoms with van der Waals surface area (Å²) in [5.74, 6) is 0. The first-order valence-electron chi connectivity index (χ1n) is 3.83. The number of para-hydroxylation sites is 1. The lowest BCUT2D eigenvalue weighted by Crippen LogP contribution is -2.13. The van der Waals surface area contributed by atoms with Crippen molar-refractivity contribution in [3.63, 3.8) is 0 Å². The largest absolute Gasteiger partial charge is 0.272 e. The van der Waals surface area contributed by atoms with Crippen LogP contribution in [0.2, 0.25) is 0 Å². The van der Waals surface area contributed by atoms with Gasteiger partial charge in [-0.05, 0) is 12.1 Å². The van der Waals surface area contributed by atoms with E-state index in [0.717, 1.165) is 5.69 Å². The van der Waals surface area contributed by atoms with Gasteiger partial charge in [0.15, 0.2) is 0 Å². The van der Waals surface area contributed by atoms with E-state index in [2.05, 4.69) is 0 Å². The van der Waals surface area contributed by atoms with Gasteiger partial charge in [0.05, 0.1) is 18.9 Å². The lowest BCUT2D eigenvalue weighted by Gasteiger charge is -2.15. The van der Waals surface area contributed by atoms with Crippen LogP contribution >= 0.6 is 0 Å². The van der Waals surface area contributed by atoms with Crippen molar-refractivity contribution in [1.29, 1.82) is 5.26 Å². The molecule has 0 spiro atoms. The number of hydrogen-bond donors (Lipinski definition) is 0. The third kappa shape index (κ3) is 2.62. The Morgan fingerprint density at radius 3 is 2.62 bits per heavy atom. The van der Waals surface area contributed by atoms with E-state index in [1.807, 2.05) is 36.4 Å². The zero-order valence-corrected chi connectivity index (χ0v) is 7.34. The molecular formula is C10H10N2O. The predicted octanol–water partition coefficient (Wildman–Crippen LogP) is 2.09. The molecule has 0 aromatic heterocycles. The molecule has 0 aliphatic carbocycles. The number of hydroxylamine groups is 1. The number of hydrogen-bond acceptors (Lipinski definition) is 3. The zero-order chi connectivity index (χ0) is 9.52. The van der Waals surface area contributed by atoms with Gasteiger partial charge in [0, 0.05) is 12.3 Å². The van der Waals surface area contributed by atoms with Crippen LogP contribution in [0, 0.1) is 11.3 Å². The molecule has 1 aromatic carbocycles. The van der Waals surface area contributed by atoms with Crippen LogP contribution in [-0.4, -0.2) is 7.11 Å². The van der Waals surface area contributed by atoms with Crippen molar-refractivity contribution >= 4 is 5.69 Å². The topological polar surface area (TPSA) is 36.3 Å². The van der Waals surface area contributed by atoms with E-state index < -0.39 is 0 Å². The molecule has 3 heteroatoms.